The van der Waals surface area contributed by atoms with E-state index in [0.717, 1.165) is 6.07 Å². The minimum Gasteiger partial charge on any atom is -0.477 e. The molecular formula is C12H11BClF3NO3. The standard InChI is InChI=1S/C12H9ClFNO3.B.2FH/c1-2-15-5-7(12(17)18)11(16)6-3-9(14)8(13)4-10(6)15;;;/h3-5H,2H2,1H3,(H,17,18);;2*1H. The van der Waals surface area contributed by atoms with E-state index in [1.807, 2.05) is 0 Å². The number of halogens is 4. The Morgan fingerprint density at radius 1 is 1.38 bits per heavy atom. The van der Waals surface area contributed by atoms with Crippen molar-refractivity contribution in [3.63, 3.8) is 0 Å². The van der Waals surface area contributed by atoms with Gasteiger partial charge < -0.3 is 9.67 Å². The van der Waals surface area contributed by atoms with E-state index in [1.165, 1.54) is 12.3 Å². The summed E-state index contributed by atoms with van der Waals surface area (Å²) in [6.07, 6.45) is 1.24. The second-order valence-corrected chi connectivity index (χ2v) is 4.15. The Hall–Kier alpha value is -1.96. The molecule has 2 aromatic rings. The molecule has 0 fully saturated rings. The van der Waals surface area contributed by atoms with Gasteiger partial charge in [0.25, 0.3) is 0 Å². The molecule has 0 aliphatic carbocycles. The third-order valence-corrected chi connectivity index (χ3v) is 2.98. The molecule has 113 valence electrons. The predicted octanol–water partition coefficient (Wildman–Crippen LogP) is 2.44. The van der Waals surface area contributed by atoms with Gasteiger partial charge in [-0.2, -0.15) is 0 Å². The van der Waals surface area contributed by atoms with Crippen molar-refractivity contribution in [2.75, 3.05) is 0 Å². The molecular weight excluding hydrogens is 309 g/mol. The van der Waals surface area contributed by atoms with Crippen LogP contribution in [-0.2, 0) is 6.54 Å². The van der Waals surface area contributed by atoms with Gasteiger partial charge in [-0.15, -0.1) is 0 Å². The Kier molecular flexibility index (Phi) is 7.86. The van der Waals surface area contributed by atoms with Crippen LogP contribution in [0.5, 0.6) is 0 Å². The molecule has 1 aromatic heterocycles. The lowest BCUT2D eigenvalue weighted by atomic mass is 10.1. The van der Waals surface area contributed by atoms with Crippen LogP contribution in [0.1, 0.15) is 17.3 Å². The Morgan fingerprint density at radius 3 is 2.43 bits per heavy atom. The van der Waals surface area contributed by atoms with Crippen LogP contribution in [0.15, 0.2) is 23.1 Å². The molecule has 0 spiro atoms. The maximum absolute atomic E-state index is 13.4. The fraction of sp³-hybridized carbons (Fsp3) is 0.167. The van der Waals surface area contributed by atoms with E-state index in [9.17, 15) is 14.0 Å². The number of aromatic carboxylic acids is 1. The second-order valence-electron chi connectivity index (χ2n) is 3.75. The first kappa shape index (κ1) is 21.3. The molecule has 1 heterocycles. The molecule has 3 radical (unpaired) electrons. The molecule has 1 aromatic carbocycles. The number of carboxylic acids is 1. The van der Waals surface area contributed by atoms with E-state index in [0.29, 0.717) is 12.1 Å². The van der Waals surface area contributed by atoms with Crippen molar-refractivity contribution in [3.05, 3.63) is 45.0 Å². The summed E-state index contributed by atoms with van der Waals surface area (Å²) in [4.78, 5) is 22.8. The number of benzene rings is 1. The van der Waals surface area contributed by atoms with E-state index in [-0.39, 0.29) is 33.8 Å². The van der Waals surface area contributed by atoms with Crippen molar-refractivity contribution in [3.8, 4) is 0 Å². The number of aryl methyl sites for hydroxylation is 1. The van der Waals surface area contributed by atoms with Gasteiger partial charge in [0.1, 0.15) is 11.4 Å². The molecule has 0 atom stereocenters. The lowest BCUT2D eigenvalue weighted by Crippen LogP contribution is -2.18. The molecule has 0 amide bonds. The summed E-state index contributed by atoms with van der Waals surface area (Å²) in [5.41, 5.74) is -0.678. The highest BCUT2D eigenvalue weighted by Gasteiger charge is 2.15. The molecule has 9 heteroatoms. The monoisotopic (exact) mass is 320 g/mol. The summed E-state index contributed by atoms with van der Waals surface area (Å²) in [6.45, 7) is 2.23. The van der Waals surface area contributed by atoms with Crippen LogP contribution in [-0.4, -0.2) is 24.1 Å². The third kappa shape index (κ3) is 3.58. The predicted molar refractivity (Wildman–Crippen MR) is 76.6 cm³/mol. The van der Waals surface area contributed by atoms with Crippen molar-refractivity contribution in [1.82, 2.24) is 4.57 Å². The van der Waals surface area contributed by atoms with Gasteiger partial charge in [-0.3, -0.25) is 14.2 Å². The quantitative estimate of drug-likeness (QED) is 0.865. The highest BCUT2D eigenvalue weighted by Crippen LogP contribution is 2.21. The first-order valence-electron chi connectivity index (χ1n) is 5.21. The number of fused-ring (bicyclic) bond motifs is 1. The van der Waals surface area contributed by atoms with Gasteiger partial charge in [0.15, 0.2) is 0 Å². The highest BCUT2D eigenvalue weighted by atomic mass is 35.5. The first-order chi connectivity index (χ1) is 8.45. The van der Waals surface area contributed by atoms with Crippen molar-refractivity contribution < 1.29 is 23.7 Å². The van der Waals surface area contributed by atoms with Gasteiger partial charge in [0.2, 0.25) is 5.43 Å². The number of hydrogen-bond donors (Lipinski definition) is 1. The molecule has 0 aliphatic heterocycles. The third-order valence-electron chi connectivity index (χ3n) is 2.69. The molecule has 0 aliphatic rings. The Morgan fingerprint density at radius 2 is 1.95 bits per heavy atom. The molecule has 4 nitrogen and oxygen atoms in total. The minimum absolute atomic E-state index is 0. The molecule has 1 N–H and O–H groups in total. The first-order valence-corrected chi connectivity index (χ1v) is 5.59. The molecule has 21 heavy (non-hydrogen) atoms. The lowest BCUT2D eigenvalue weighted by Gasteiger charge is -2.10. The summed E-state index contributed by atoms with van der Waals surface area (Å²) < 4.78 is 14.9. The van der Waals surface area contributed by atoms with Crippen LogP contribution < -0.4 is 5.43 Å². The molecule has 0 bridgehead atoms. The molecule has 0 saturated carbocycles. The topological polar surface area (TPSA) is 59.3 Å². The van der Waals surface area contributed by atoms with Gasteiger partial charge in [-0.25, -0.2) is 9.18 Å². The normalized spacial score (nSPS) is 9.29. The Balaban J connectivity index is 0. The van der Waals surface area contributed by atoms with Crippen LogP contribution in [0, 0.1) is 5.82 Å². The number of aromatic nitrogens is 1. The Bertz CT molecular complexity index is 721. The highest BCUT2D eigenvalue weighted by molar-refractivity contribution is 6.31. The van der Waals surface area contributed by atoms with Gasteiger partial charge >= 0.3 is 5.97 Å². The maximum atomic E-state index is 13.4. The molecule has 2 rings (SSSR count). The largest absolute Gasteiger partial charge is 0.477 e. The molecule has 0 saturated heterocycles. The smallest absolute Gasteiger partial charge is 0.341 e. The summed E-state index contributed by atoms with van der Waals surface area (Å²) >= 11 is 5.66. The van der Waals surface area contributed by atoms with Gasteiger partial charge in [0.05, 0.1) is 10.5 Å². The zero-order valence-corrected chi connectivity index (χ0v) is 11.6. The molecule has 0 unspecified atom stereocenters. The fourth-order valence-electron chi connectivity index (χ4n) is 1.80. The van der Waals surface area contributed by atoms with E-state index in [2.05, 4.69) is 0 Å². The summed E-state index contributed by atoms with van der Waals surface area (Å²) in [6, 6.07) is 2.29. The summed E-state index contributed by atoms with van der Waals surface area (Å²) in [7, 11) is 0. The van der Waals surface area contributed by atoms with Crippen LogP contribution >= 0.6 is 11.6 Å². The minimum atomic E-state index is -1.33. The van der Waals surface area contributed by atoms with Crippen LogP contribution in [0.3, 0.4) is 0 Å². The van der Waals surface area contributed by atoms with Crippen molar-refractivity contribution in [2.24, 2.45) is 0 Å². The van der Waals surface area contributed by atoms with Crippen LogP contribution in [0.25, 0.3) is 10.9 Å². The number of hydrogen-bond acceptors (Lipinski definition) is 2. The van der Waals surface area contributed by atoms with Crippen molar-refractivity contribution in [1.29, 1.82) is 0 Å². The number of pyridine rings is 1. The zero-order chi connectivity index (χ0) is 13.4. The lowest BCUT2D eigenvalue weighted by molar-refractivity contribution is 0.0695. The number of nitrogens with zero attached hydrogens (tertiary/aromatic N) is 1. The number of rotatable bonds is 2. The maximum Gasteiger partial charge on any atom is 0.341 e. The second kappa shape index (κ2) is 7.73. The van der Waals surface area contributed by atoms with Crippen LogP contribution in [0.2, 0.25) is 5.02 Å². The van der Waals surface area contributed by atoms with Gasteiger partial charge in [0, 0.05) is 26.5 Å². The average molecular weight is 320 g/mol. The zero-order valence-electron chi connectivity index (χ0n) is 10.8. The number of carbonyl (C=O) groups is 1. The van der Waals surface area contributed by atoms with Gasteiger partial charge in [-0.1, -0.05) is 11.6 Å². The van der Waals surface area contributed by atoms with E-state index >= 15 is 0 Å². The van der Waals surface area contributed by atoms with Gasteiger partial charge in [-0.05, 0) is 19.1 Å². The van der Waals surface area contributed by atoms with Crippen LogP contribution in [0.4, 0.5) is 13.8 Å². The Labute approximate surface area is 124 Å². The van der Waals surface area contributed by atoms with Crippen molar-refractivity contribution in [2.45, 2.75) is 13.5 Å². The average Bonchev–Trinajstić information content (AvgIpc) is 2.32. The van der Waals surface area contributed by atoms with E-state index in [4.69, 9.17) is 16.7 Å². The summed E-state index contributed by atoms with van der Waals surface area (Å²) in [5.74, 6) is -2.08. The van der Waals surface area contributed by atoms with Crippen molar-refractivity contribution >= 4 is 36.9 Å². The number of carboxylic acid groups (broad SMARTS) is 1. The van der Waals surface area contributed by atoms with E-state index < -0.39 is 17.2 Å². The summed E-state index contributed by atoms with van der Waals surface area (Å²) in [5, 5.41) is 8.84. The van der Waals surface area contributed by atoms with E-state index in [1.54, 1.807) is 11.5 Å². The SMILES string of the molecule is CCn1cc(C(=O)O)c(=O)c2cc(F)c(Cl)cc21.F.F.[B]. The fourth-order valence-corrected chi connectivity index (χ4v) is 1.96.